The summed E-state index contributed by atoms with van der Waals surface area (Å²) in [5, 5.41) is 2.82. The molecule has 0 aromatic heterocycles. The first-order chi connectivity index (χ1) is 15.2. The van der Waals surface area contributed by atoms with E-state index in [1.807, 2.05) is 58.0 Å². The van der Waals surface area contributed by atoms with Gasteiger partial charge in [0, 0.05) is 23.2 Å². The lowest BCUT2D eigenvalue weighted by Gasteiger charge is -2.28. The minimum atomic E-state index is -0.654. The molecule has 33 heavy (non-hydrogen) atoms. The highest BCUT2D eigenvalue weighted by Gasteiger charge is 2.34. The van der Waals surface area contributed by atoms with Crippen molar-refractivity contribution >= 4 is 29.2 Å². The summed E-state index contributed by atoms with van der Waals surface area (Å²) in [7, 11) is 1.34. The number of aliphatic imine (C=N–C) groups is 1. The van der Waals surface area contributed by atoms with Gasteiger partial charge in [0.25, 0.3) is 0 Å². The Bertz CT molecular complexity index is 964. The maximum absolute atomic E-state index is 13.5. The second-order valence-electron chi connectivity index (χ2n) is 10.4. The van der Waals surface area contributed by atoms with Gasteiger partial charge in [0.2, 0.25) is 0 Å². The number of ether oxygens (including phenoxy) is 2. The van der Waals surface area contributed by atoms with E-state index in [9.17, 15) is 14.4 Å². The minimum absolute atomic E-state index is 0.00915. The monoisotopic (exact) mass is 456 g/mol. The molecule has 2 atom stereocenters. The number of ketones is 1. The smallest absolute Gasteiger partial charge is 0.412 e. The summed E-state index contributed by atoms with van der Waals surface area (Å²) >= 11 is 0. The topological polar surface area (TPSA) is 94.1 Å². The van der Waals surface area contributed by atoms with Gasteiger partial charge in [-0.1, -0.05) is 39.0 Å². The van der Waals surface area contributed by atoms with Crippen molar-refractivity contribution < 1.29 is 23.9 Å². The number of amides is 1. The Balaban J connectivity index is 2.47. The average molecular weight is 457 g/mol. The number of Topliss-reactive ketones (excluding diaryl/α,β-unsaturated/α-hetero) is 1. The Hall–Kier alpha value is -2.96. The molecule has 1 aromatic rings. The molecule has 2 unspecified atom stereocenters. The molecule has 0 spiro atoms. The molecule has 1 N–H and O–H groups in total. The van der Waals surface area contributed by atoms with Crippen LogP contribution in [0.5, 0.6) is 0 Å². The molecular formula is C26H36N2O5. The van der Waals surface area contributed by atoms with Crippen LogP contribution in [0.3, 0.4) is 0 Å². The van der Waals surface area contributed by atoms with Crippen molar-refractivity contribution in [1.29, 1.82) is 0 Å². The van der Waals surface area contributed by atoms with E-state index in [0.29, 0.717) is 29.8 Å². The van der Waals surface area contributed by atoms with Crippen LogP contribution >= 0.6 is 0 Å². The first-order valence-corrected chi connectivity index (χ1v) is 11.2. The maximum Gasteiger partial charge on any atom is 0.412 e. The Morgan fingerprint density at radius 1 is 1.15 bits per heavy atom. The van der Waals surface area contributed by atoms with Crippen molar-refractivity contribution in [2.24, 2.45) is 10.4 Å². The van der Waals surface area contributed by atoms with Crippen molar-refractivity contribution in [2.75, 3.05) is 12.4 Å². The van der Waals surface area contributed by atoms with Gasteiger partial charge in [-0.2, -0.15) is 0 Å². The molecule has 1 heterocycles. The van der Waals surface area contributed by atoms with E-state index in [1.54, 1.807) is 20.8 Å². The molecule has 180 valence electrons. The number of dihydropyridines is 1. The first kappa shape index (κ1) is 26.3. The second-order valence-corrected chi connectivity index (χ2v) is 10.4. The van der Waals surface area contributed by atoms with E-state index in [0.717, 1.165) is 5.56 Å². The van der Waals surface area contributed by atoms with E-state index in [2.05, 4.69) is 10.3 Å². The number of rotatable bonds is 6. The zero-order chi connectivity index (χ0) is 25.0. The minimum Gasteiger partial charge on any atom is -0.467 e. The largest absolute Gasteiger partial charge is 0.467 e. The summed E-state index contributed by atoms with van der Waals surface area (Å²) < 4.78 is 10.3. The first-order valence-electron chi connectivity index (χ1n) is 11.2. The normalized spacial score (nSPS) is 17.1. The van der Waals surface area contributed by atoms with Crippen molar-refractivity contribution in [3.8, 4) is 0 Å². The summed E-state index contributed by atoms with van der Waals surface area (Å²) in [4.78, 5) is 42.6. The third-order valence-corrected chi connectivity index (χ3v) is 5.15. The Morgan fingerprint density at radius 2 is 1.82 bits per heavy atom. The third kappa shape index (κ3) is 7.55. The molecule has 7 heteroatoms. The van der Waals surface area contributed by atoms with E-state index in [1.165, 1.54) is 7.11 Å². The van der Waals surface area contributed by atoms with Crippen LogP contribution in [-0.4, -0.2) is 42.3 Å². The molecule has 7 nitrogen and oxygen atoms in total. The quantitative estimate of drug-likeness (QED) is 0.581. The number of allylic oxidation sites excluding steroid dienone is 1. The average Bonchev–Trinajstić information content (AvgIpc) is 2.69. The number of benzene rings is 1. The molecule has 1 aliphatic rings. The van der Waals surface area contributed by atoms with Crippen molar-refractivity contribution in [1.82, 2.24) is 0 Å². The number of nitrogens with zero attached hydrogens (tertiary/aromatic N) is 1. The van der Waals surface area contributed by atoms with Gasteiger partial charge in [0.1, 0.15) is 11.4 Å². The van der Waals surface area contributed by atoms with Gasteiger partial charge in [0.05, 0.1) is 13.0 Å². The van der Waals surface area contributed by atoms with Crippen molar-refractivity contribution in [3.63, 3.8) is 0 Å². The van der Waals surface area contributed by atoms with Crippen LogP contribution in [0.15, 0.2) is 35.3 Å². The van der Waals surface area contributed by atoms with Crippen LogP contribution in [0, 0.1) is 12.3 Å². The summed E-state index contributed by atoms with van der Waals surface area (Å²) in [6.45, 7) is 12.9. The van der Waals surface area contributed by atoms with Crippen LogP contribution in [-0.2, 0) is 19.1 Å². The van der Waals surface area contributed by atoms with Crippen LogP contribution in [0.25, 0.3) is 0 Å². The van der Waals surface area contributed by atoms with Gasteiger partial charge < -0.3 is 9.47 Å². The molecule has 0 bridgehead atoms. The highest BCUT2D eigenvalue weighted by atomic mass is 16.6. The number of hydrogen-bond donors (Lipinski definition) is 1. The molecule has 1 amide bonds. The maximum atomic E-state index is 13.5. The van der Waals surface area contributed by atoms with Crippen molar-refractivity contribution in [3.05, 3.63) is 41.5 Å². The highest BCUT2D eigenvalue weighted by Crippen LogP contribution is 2.36. The lowest BCUT2D eigenvalue weighted by Crippen LogP contribution is -2.31. The van der Waals surface area contributed by atoms with Gasteiger partial charge in [-0.25, -0.2) is 9.59 Å². The van der Waals surface area contributed by atoms with E-state index in [-0.39, 0.29) is 5.78 Å². The van der Waals surface area contributed by atoms with Gasteiger partial charge in [-0.15, -0.1) is 0 Å². The summed E-state index contributed by atoms with van der Waals surface area (Å²) in [5.74, 6) is -0.969. The molecule has 0 saturated heterocycles. The molecule has 2 rings (SSSR count). The highest BCUT2D eigenvalue weighted by molar-refractivity contribution is 6.03. The number of methoxy groups -OCH3 is 1. The lowest BCUT2D eigenvalue weighted by atomic mass is 9.76. The second kappa shape index (κ2) is 10.3. The van der Waals surface area contributed by atoms with Crippen LogP contribution in [0.2, 0.25) is 0 Å². The van der Waals surface area contributed by atoms with E-state index in [4.69, 9.17) is 9.47 Å². The van der Waals surface area contributed by atoms with Gasteiger partial charge in [-0.3, -0.25) is 15.1 Å². The molecule has 0 fully saturated rings. The molecule has 1 aliphatic heterocycles. The van der Waals surface area contributed by atoms with Crippen molar-refractivity contribution in [2.45, 2.75) is 78.9 Å². The molecule has 0 saturated carbocycles. The lowest BCUT2D eigenvalue weighted by molar-refractivity contribution is -0.142. The number of carbonyl (C=O) groups excluding carboxylic acids is 3. The summed E-state index contributed by atoms with van der Waals surface area (Å²) in [6, 6.07) is 4.99. The predicted molar refractivity (Wildman–Crippen MR) is 130 cm³/mol. The standard InChI is InChI=1S/C26H36N2O5/c1-16-12-13-18(21(14-16)28-24(31)33-26(5,6)7)19(22(29)25(2,3)4)15-17-10-9-11-20(27-17)23(30)32-8/h9-10,12-14,19-20H,11,15H2,1-8H3,(H,28,31). The summed E-state index contributed by atoms with van der Waals surface area (Å²) in [5.41, 5.74) is 1.51. The third-order valence-electron chi connectivity index (χ3n) is 5.15. The van der Waals surface area contributed by atoms with Crippen LogP contribution in [0.4, 0.5) is 10.5 Å². The summed E-state index contributed by atoms with van der Waals surface area (Å²) in [6.07, 6.45) is 3.89. The fourth-order valence-electron chi connectivity index (χ4n) is 3.61. The zero-order valence-corrected chi connectivity index (χ0v) is 20.9. The van der Waals surface area contributed by atoms with E-state index >= 15 is 0 Å². The number of nitrogens with one attached hydrogen (secondary N) is 1. The number of esters is 1. The number of aryl methyl sites for hydroxylation is 1. The predicted octanol–water partition coefficient (Wildman–Crippen LogP) is 5.37. The SMILES string of the molecule is COC(=O)C1CC=CC(CC(C(=O)C(C)(C)C)c2ccc(C)cc2NC(=O)OC(C)(C)C)=N1. The fourth-order valence-corrected chi connectivity index (χ4v) is 3.61. The van der Waals surface area contributed by atoms with Crippen LogP contribution < -0.4 is 5.32 Å². The molecule has 0 radical (unpaired) electrons. The van der Waals surface area contributed by atoms with Crippen LogP contribution in [0.1, 0.15) is 71.4 Å². The number of carbonyl (C=O) groups is 3. The zero-order valence-electron chi connectivity index (χ0n) is 20.9. The van der Waals surface area contributed by atoms with Gasteiger partial charge >= 0.3 is 12.1 Å². The van der Waals surface area contributed by atoms with E-state index < -0.39 is 35.0 Å². The molecule has 0 aliphatic carbocycles. The van der Waals surface area contributed by atoms with Gasteiger partial charge in [-0.05, 0) is 57.4 Å². The molecular weight excluding hydrogens is 420 g/mol. The number of hydrogen-bond acceptors (Lipinski definition) is 6. The Labute approximate surface area is 196 Å². The Morgan fingerprint density at radius 3 is 2.39 bits per heavy atom. The molecule has 1 aromatic carbocycles. The number of anilines is 1. The Kier molecular flexibility index (Phi) is 8.22. The fraction of sp³-hybridized carbons (Fsp3) is 0.538. The van der Waals surface area contributed by atoms with Gasteiger partial charge in [0.15, 0.2) is 6.04 Å².